The van der Waals surface area contributed by atoms with Crippen LogP contribution in [0.3, 0.4) is 0 Å². The number of benzene rings is 1. The van der Waals surface area contributed by atoms with Crippen LogP contribution in [0, 0.1) is 0 Å². The smallest absolute Gasteiger partial charge is 0.153 e. The maximum Gasteiger partial charge on any atom is 0.153 e. The number of nitrogens with zero attached hydrogens (tertiary/aromatic N) is 5. The van der Waals surface area contributed by atoms with Gasteiger partial charge in [-0.2, -0.15) is 10.2 Å². The normalized spacial score (nSPS) is 10.9. The lowest BCUT2D eigenvalue weighted by Gasteiger charge is -2.09. The molecule has 6 nitrogen and oxygen atoms in total. The van der Waals surface area contributed by atoms with Gasteiger partial charge in [0.15, 0.2) is 5.82 Å². The molecule has 0 fully saturated rings. The quantitative estimate of drug-likeness (QED) is 0.784. The molecule has 0 aliphatic carbocycles. The van der Waals surface area contributed by atoms with E-state index in [1.807, 2.05) is 0 Å². The van der Waals surface area contributed by atoms with Gasteiger partial charge in [0.2, 0.25) is 0 Å². The number of rotatable bonds is 2. The first-order chi connectivity index (χ1) is 9.58. The van der Waals surface area contributed by atoms with E-state index in [0.717, 1.165) is 0 Å². The molecule has 0 aliphatic rings. The highest BCUT2D eigenvalue weighted by molar-refractivity contribution is 6.40. The number of hydrogen-bond acceptors (Lipinski definition) is 4. The largest absolute Gasteiger partial charge is 0.382 e. The van der Waals surface area contributed by atoms with Gasteiger partial charge in [-0.25, -0.2) is 14.3 Å². The zero-order chi connectivity index (χ0) is 14.3. The first-order valence-electron chi connectivity index (χ1n) is 5.41. The molecule has 20 heavy (non-hydrogen) atoms. The zero-order valence-electron chi connectivity index (χ0n) is 9.83. The number of anilines is 1. The van der Waals surface area contributed by atoms with Gasteiger partial charge in [-0.3, -0.25) is 0 Å². The Bertz CT molecular complexity index is 742. The highest BCUT2D eigenvalue weighted by atomic mass is 35.5. The first kappa shape index (κ1) is 13.2. The highest BCUT2D eigenvalue weighted by Crippen LogP contribution is 2.34. The van der Waals surface area contributed by atoms with Crippen LogP contribution >= 0.6 is 34.8 Å². The Morgan fingerprint density at radius 2 is 1.75 bits per heavy atom. The van der Waals surface area contributed by atoms with Gasteiger partial charge in [0, 0.05) is 5.02 Å². The third-order valence-corrected chi connectivity index (χ3v) is 3.44. The molecule has 3 rings (SSSR count). The molecule has 0 aliphatic heterocycles. The van der Waals surface area contributed by atoms with Crippen molar-refractivity contribution in [3.63, 3.8) is 0 Å². The monoisotopic (exact) mass is 328 g/mol. The van der Waals surface area contributed by atoms with E-state index in [9.17, 15) is 0 Å². The van der Waals surface area contributed by atoms with Crippen LogP contribution in [0.1, 0.15) is 0 Å². The van der Waals surface area contributed by atoms with Gasteiger partial charge in [0.25, 0.3) is 0 Å². The van der Waals surface area contributed by atoms with Crippen molar-refractivity contribution in [1.82, 2.24) is 24.5 Å². The van der Waals surface area contributed by atoms with Crippen LogP contribution in [-0.4, -0.2) is 24.5 Å². The minimum absolute atomic E-state index is 0.335. The van der Waals surface area contributed by atoms with Crippen LogP contribution in [0.25, 0.3) is 11.4 Å². The van der Waals surface area contributed by atoms with Crippen LogP contribution < -0.4 is 5.73 Å². The molecular weight excluding hydrogens is 323 g/mol. The van der Waals surface area contributed by atoms with Gasteiger partial charge in [0.1, 0.15) is 24.0 Å². The molecule has 3 aromatic rings. The van der Waals surface area contributed by atoms with Crippen molar-refractivity contribution in [1.29, 1.82) is 0 Å². The van der Waals surface area contributed by atoms with Crippen molar-refractivity contribution in [3.05, 3.63) is 46.1 Å². The Morgan fingerprint density at radius 1 is 1.05 bits per heavy atom. The second kappa shape index (κ2) is 4.97. The van der Waals surface area contributed by atoms with E-state index in [1.165, 1.54) is 22.0 Å². The number of nitrogen functional groups attached to an aromatic ring is 1. The molecular formula is C11H7Cl3N6. The third kappa shape index (κ3) is 2.11. The molecule has 0 saturated heterocycles. The van der Waals surface area contributed by atoms with Gasteiger partial charge in [-0.05, 0) is 12.1 Å². The van der Waals surface area contributed by atoms with Gasteiger partial charge >= 0.3 is 0 Å². The standard InChI is InChI=1S/C11H7Cl3N6/c12-6-1-7(13)10(8(14)2-6)20-11(15)9(3-17-20)19-5-16-4-18-19/h1-5H,15H2. The summed E-state index contributed by atoms with van der Waals surface area (Å²) in [4.78, 5) is 3.86. The van der Waals surface area contributed by atoms with E-state index in [2.05, 4.69) is 15.2 Å². The number of halogens is 3. The minimum Gasteiger partial charge on any atom is -0.382 e. The summed E-state index contributed by atoms with van der Waals surface area (Å²) in [5.41, 5.74) is 7.10. The molecule has 0 bridgehead atoms. The summed E-state index contributed by atoms with van der Waals surface area (Å²) in [5, 5.41) is 9.32. The van der Waals surface area contributed by atoms with Crippen molar-refractivity contribution in [2.45, 2.75) is 0 Å². The van der Waals surface area contributed by atoms with Crippen LogP contribution in [0.5, 0.6) is 0 Å². The molecule has 2 aromatic heterocycles. The van der Waals surface area contributed by atoms with E-state index < -0.39 is 0 Å². The molecule has 9 heteroatoms. The van der Waals surface area contributed by atoms with Crippen molar-refractivity contribution < 1.29 is 0 Å². The van der Waals surface area contributed by atoms with Gasteiger partial charge in [0.05, 0.1) is 16.2 Å². The molecule has 0 spiro atoms. The summed E-state index contributed by atoms with van der Waals surface area (Å²) in [7, 11) is 0. The minimum atomic E-state index is 0.335. The predicted octanol–water partition coefficient (Wildman–Crippen LogP) is 3.00. The van der Waals surface area contributed by atoms with E-state index in [1.54, 1.807) is 18.3 Å². The fraction of sp³-hybridized carbons (Fsp3) is 0. The topological polar surface area (TPSA) is 74.6 Å². The van der Waals surface area contributed by atoms with Crippen LogP contribution in [-0.2, 0) is 0 Å². The predicted molar refractivity (Wildman–Crippen MR) is 77.9 cm³/mol. The Balaban J connectivity index is 2.18. The Labute approximate surface area is 128 Å². The average molecular weight is 330 g/mol. The summed E-state index contributed by atoms with van der Waals surface area (Å²) in [5.74, 6) is 0.335. The molecule has 0 radical (unpaired) electrons. The van der Waals surface area contributed by atoms with E-state index in [4.69, 9.17) is 40.5 Å². The SMILES string of the molecule is Nc1c(-n2cncn2)cnn1-c1c(Cl)cc(Cl)cc1Cl. The molecule has 0 unspecified atom stereocenters. The molecule has 2 heterocycles. The number of nitrogens with two attached hydrogens (primary N) is 1. The van der Waals surface area contributed by atoms with E-state index >= 15 is 0 Å². The zero-order valence-corrected chi connectivity index (χ0v) is 12.1. The van der Waals surface area contributed by atoms with E-state index in [0.29, 0.717) is 32.3 Å². The summed E-state index contributed by atoms with van der Waals surface area (Å²) < 4.78 is 2.93. The second-order valence-corrected chi connectivity index (χ2v) is 5.14. The summed E-state index contributed by atoms with van der Waals surface area (Å²) in [6.45, 7) is 0. The Morgan fingerprint density at radius 3 is 2.35 bits per heavy atom. The maximum atomic E-state index is 6.16. The lowest BCUT2D eigenvalue weighted by Crippen LogP contribution is -2.06. The lowest BCUT2D eigenvalue weighted by atomic mass is 10.3. The molecule has 1 aromatic carbocycles. The van der Waals surface area contributed by atoms with Crippen molar-refractivity contribution in [3.8, 4) is 11.4 Å². The Kier molecular flexibility index (Phi) is 3.29. The summed E-state index contributed by atoms with van der Waals surface area (Å²) >= 11 is 18.2. The number of hydrogen-bond donors (Lipinski definition) is 1. The Hall–Kier alpha value is -1.76. The van der Waals surface area contributed by atoms with Crippen LogP contribution in [0.4, 0.5) is 5.82 Å². The number of aromatic nitrogens is 5. The molecule has 2 N–H and O–H groups in total. The lowest BCUT2D eigenvalue weighted by molar-refractivity contribution is 0.877. The van der Waals surface area contributed by atoms with E-state index in [-0.39, 0.29) is 0 Å². The maximum absolute atomic E-state index is 6.16. The molecule has 0 saturated carbocycles. The molecule has 102 valence electrons. The average Bonchev–Trinajstić information content (AvgIpc) is 2.99. The van der Waals surface area contributed by atoms with Crippen molar-refractivity contribution in [2.75, 3.05) is 5.73 Å². The highest BCUT2D eigenvalue weighted by Gasteiger charge is 2.17. The summed E-state index contributed by atoms with van der Waals surface area (Å²) in [6.07, 6.45) is 4.47. The van der Waals surface area contributed by atoms with Gasteiger partial charge < -0.3 is 5.73 Å². The molecule has 0 amide bonds. The van der Waals surface area contributed by atoms with Crippen molar-refractivity contribution in [2.24, 2.45) is 0 Å². The fourth-order valence-corrected chi connectivity index (χ4v) is 2.75. The van der Waals surface area contributed by atoms with Crippen LogP contribution in [0.15, 0.2) is 31.0 Å². The van der Waals surface area contributed by atoms with Gasteiger partial charge in [-0.1, -0.05) is 34.8 Å². The second-order valence-electron chi connectivity index (χ2n) is 3.88. The molecule has 0 atom stereocenters. The van der Waals surface area contributed by atoms with Crippen molar-refractivity contribution >= 4 is 40.6 Å². The van der Waals surface area contributed by atoms with Gasteiger partial charge in [-0.15, -0.1) is 0 Å². The third-order valence-electron chi connectivity index (χ3n) is 2.65. The van der Waals surface area contributed by atoms with Crippen LogP contribution in [0.2, 0.25) is 15.1 Å². The fourth-order valence-electron chi connectivity index (χ4n) is 1.77. The summed E-state index contributed by atoms with van der Waals surface area (Å²) in [6, 6.07) is 3.14. The first-order valence-corrected chi connectivity index (χ1v) is 6.54.